The lowest BCUT2D eigenvalue weighted by Crippen LogP contribution is -2.06. The van der Waals surface area contributed by atoms with Gasteiger partial charge in [0, 0.05) is 17.4 Å². The Kier molecular flexibility index (Phi) is 5.16. The second-order valence-electron chi connectivity index (χ2n) is 4.55. The zero-order valence-electron chi connectivity index (χ0n) is 12.4. The van der Waals surface area contributed by atoms with Gasteiger partial charge in [-0.3, -0.25) is 0 Å². The molecule has 0 unspecified atom stereocenters. The normalized spacial score (nSPS) is 10.4. The van der Waals surface area contributed by atoms with Crippen molar-refractivity contribution in [1.29, 1.82) is 0 Å². The molecule has 3 nitrogen and oxygen atoms in total. The van der Waals surface area contributed by atoms with Crippen LogP contribution in [0.25, 0.3) is 10.9 Å². The van der Waals surface area contributed by atoms with Crippen LogP contribution in [-0.2, 0) is 6.54 Å². The largest absolute Gasteiger partial charge is 0.477 e. The first-order chi connectivity index (χ1) is 9.04. The van der Waals surface area contributed by atoms with Crippen LogP contribution in [0.2, 0.25) is 0 Å². The summed E-state index contributed by atoms with van der Waals surface area (Å²) in [5, 5.41) is 10.2. The third kappa shape index (κ3) is 2.98. The van der Waals surface area contributed by atoms with Gasteiger partial charge in [0.15, 0.2) is 0 Å². The maximum absolute atomic E-state index is 11.1. The van der Waals surface area contributed by atoms with Crippen molar-refractivity contribution in [3.05, 3.63) is 35.5 Å². The molecule has 0 saturated heterocycles. The molecule has 3 heteroatoms. The summed E-state index contributed by atoms with van der Waals surface area (Å²) in [7, 11) is 0. The quantitative estimate of drug-likeness (QED) is 0.883. The van der Waals surface area contributed by atoms with Gasteiger partial charge in [-0.25, -0.2) is 4.79 Å². The number of carbonyl (C=O) groups is 1. The molecule has 0 atom stereocenters. The molecule has 0 amide bonds. The first-order valence-corrected chi connectivity index (χ1v) is 6.91. The van der Waals surface area contributed by atoms with Gasteiger partial charge in [0.1, 0.15) is 5.69 Å². The number of fused-ring (bicyclic) bond motifs is 1. The minimum atomic E-state index is -0.867. The molecule has 2 aromatic rings. The molecule has 0 saturated carbocycles. The topological polar surface area (TPSA) is 42.2 Å². The zero-order valence-corrected chi connectivity index (χ0v) is 12.4. The van der Waals surface area contributed by atoms with Crippen LogP contribution < -0.4 is 0 Å². The van der Waals surface area contributed by atoms with E-state index >= 15 is 0 Å². The van der Waals surface area contributed by atoms with Crippen LogP contribution in [-0.4, -0.2) is 15.6 Å². The highest BCUT2D eigenvalue weighted by molar-refractivity contribution is 5.94. The van der Waals surface area contributed by atoms with Gasteiger partial charge < -0.3 is 9.67 Å². The lowest BCUT2D eigenvalue weighted by Gasteiger charge is -2.07. The molecular formula is C16H23NO2. The van der Waals surface area contributed by atoms with Crippen LogP contribution in [0.15, 0.2) is 24.3 Å². The highest BCUT2D eigenvalue weighted by Gasteiger charge is 2.13. The van der Waals surface area contributed by atoms with E-state index in [0.29, 0.717) is 18.2 Å². The first-order valence-electron chi connectivity index (χ1n) is 6.91. The minimum absolute atomic E-state index is 0.364. The number of carboxylic acids is 1. The van der Waals surface area contributed by atoms with E-state index in [4.69, 9.17) is 5.11 Å². The number of hydrogen-bond donors (Lipinski definition) is 1. The summed E-state index contributed by atoms with van der Waals surface area (Å²) < 4.78 is 1.84. The SMILES string of the molecule is CC.CCn1c(C(=O)O)cc2cc(C(C)C)ccc21. The molecule has 104 valence electrons. The summed E-state index contributed by atoms with van der Waals surface area (Å²) in [6.07, 6.45) is 0. The van der Waals surface area contributed by atoms with Gasteiger partial charge in [0.2, 0.25) is 0 Å². The predicted molar refractivity (Wildman–Crippen MR) is 80.0 cm³/mol. The van der Waals surface area contributed by atoms with Crippen LogP contribution in [0.1, 0.15) is 56.6 Å². The van der Waals surface area contributed by atoms with E-state index in [-0.39, 0.29) is 0 Å². The van der Waals surface area contributed by atoms with E-state index in [9.17, 15) is 4.79 Å². The number of aromatic nitrogens is 1. The predicted octanol–water partition coefficient (Wildman–Crippen LogP) is 4.51. The Morgan fingerprint density at radius 1 is 1.26 bits per heavy atom. The fraction of sp³-hybridized carbons (Fsp3) is 0.438. The molecule has 0 bridgehead atoms. The van der Waals surface area contributed by atoms with Gasteiger partial charge in [-0.15, -0.1) is 0 Å². The molecule has 1 aromatic heterocycles. The van der Waals surface area contributed by atoms with Crippen LogP contribution in [0.3, 0.4) is 0 Å². The maximum atomic E-state index is 11.1. The lowest BCUT2D eigenvalue weighted by molar-refractivity contribution is 0.0686. The summed E-state index contributed by atoms with van der Waals surface area (Å²) in [6, 6.07) is 7.93. The van der Waals surface area contributed by atoms with Crippen molar-refractivity contribution in [1.82, 2.24) is 4.57 Å². The van der Waals surface area contributed by atoms with E-state index < -0.39 is 5.97 Å². The van der Waals surface area contributed by atoms with Gasteiger partial charge in [0.25, 0.3) is 0 Å². The van der Waals surface area contributed by atoms with Gasteiger partial charge >= 0.3 is 5.97 Å². The van der Waals surface area contributed by atoms with Crippen molar-refractivity contribution < 1.29 is 9.90 Å². The molecule has 19 heavy (non-hydrogen) atoms. The monoisotopic (exact) mass is 261 g/mol. The Balaban J connectivity index is 0.000000861. The van der Waals surface area contributed by atoms with Gasteiger partial charge in [0.05, 0.1) is 0 Å². The molecule has 0 aliphatic carbocycles. The molecule has 2 rings (SSSR count). The summed E-state index contributed by atoms with van der Waals surface area (Å²) >= 11 is 0. The summed E-state index contributed by atoms with van der Waals surface area (Å²) in [5.41, 5.74) is 2.60. The number of aryl methyl sites for hydroxylation is 1. The van der Waals surface area contributed by atoms with Gasteiger partial charge in [-0.2, -0.15) is 0 Å². The average molecular weight is 261 g/mol. The van der Waals surface area contributed by atoms with Crippen molar-refractivity contribution in [2.24, 2.45) is 0 Å². The number of carboxylic acid groups (broad SMARTS) is 1. The second kappa shape index (κ2) is 6.41. The van der Waals surface area contributed by atoms with E-state index in [1.807, 2.05) is 31.4 Å². The highest BCUT2D eigenvalue weighted by Crippen LogP contribution is 2.24. The van der Waals surface area contributed by atoms with Crippen molar-refractivity contribution in [2.45, 2.75) is 47.1 Å². The fourth-order valence-corrected chi connectivity index (χ4v) is 2.17. The molecule has 0 aliphatic heterocycles. The molecular weight excluding hydrogens is 238 g/mol. The molecule has 0 fully saturated rings. The number of rotatable bonds is 3. The number of hydrogen-bond acceptors (Lipinski definition) is 1. The van der Waals surface area contributed by atoms with Crippen LogP contribution in [0.5, 0.6) is 0 Å². The smallest absolute Gasteiger partial charge is 0.352 e. The molecule has 0 aliphatic rings. The Hall–Kier alpha value is -1.77. The molecule has 1 heterocycles. The fourth-order valence-electron chi connectivity index (χ4n) is 2.17. The minimum Gasteiger partial charge on any atom is -0.477 e. The molecule has 0 radical (unpaired) electrons. The first kappa shape index (κ1) is 15.3. The van der Waals surface area contributed by atoms with E-state index in [1.54, 1.807) is 6.07 Å². The summed E-state index contributed by atoms with van der Waals surface area (Å²) in [6.45, 7) is 10.9. The van der Waals surface area contributed by atoms with Gasteiger partial charge in [-0.05, 0) is 36.6 Å². The summed E-state index contributed by atoms with van der Waals surface area (Å²) in [4.78, 5) is 11.1. The Morgan fingerprint density at radius 3 is 2.37 bits per heavy atom. The maximum Gasteiger partial charge on any atom is 0.352 e. The van der Waals surface area contributed by atoms with Crippen molar-refractivity contribution in [3.63, 3.8) is 0 Å². The van der Waals surface area contributed by atoms with Crippen LogP contribution in [0.4, 0.5) is 0 Å². The van der Waals surface area contributed by atoms with Crippen LogP contribution in [0, 0.1) is 0 Å². The Labute approximate surface area is 114 Å². The molecule has 1 N–H and O–H groups in total. The zero-order chi connectivity index (χ0) is 14.6. The highest BCUT2D eigenvalue weighted by atomic mass is 16.4. The average Bonchev–Trinajstić information content (AvgIpc) is 2.78. The van der Waals surface area contributed by atoms with Gasteiger partial charge in [-0.1, -0.05) is 33.8 Å². The molecule has 0 spiro atoms. The van der Waals surface area contributed by atoms with Crippen molar-refractivity contribution in [2.75, 3.05) is 0 Å². The standard InChI is InChI=1S/C14H17NO2.C2H6/c1-4-15-12-6-5-10(9(2)3)7-11(12)8-13(15)14(16)17;1-2/h5-9H,4H2,1-3H3,(H,16,17);1-2H3. The van der Waals surface area contributed by atoms with Crippen molar-refractivity contribution >= 4 is 16.9 Å². The van der Waals surface area contributed by atoms with Crippen molar-refractivity contribution in [3.8, 4) is 0 Å². The van der Waals surface area contributed by atoms with E-state index in [1.165, 1.54) is 5.56 Å². The number of benzene rings is 1. The third-order valence-electron chi connectivity index (χ3n) is 3.13. The number of nitrogens with zero attached hydrogens (tertiary/aromatic N) is 1. The number of aromatic carboxylic acids is 1. The lowest BCUT2D eigenvalue weighted by atomic mass is 10.0. The van der Waals surface area contributed by atoms with E-state index in [0.717, 1.165) is 10.9 Å². The third-order valence-corrected chi connectivity index (χ3v) is 3.13. The summed E-state index contributed by atoms with van der Waals surface area (Å²) in [5.74, 6) is -0.410. The second-order valence-corrected chi connectivity index (χ2v) is 4.55. The molecule has 1 aromatic carbocycles. The Morgan fingerprint density at radius 2 is 1.89 bits per heavy atom. The Bertz CT molecular complexity index is 567. The van der Waals surface area contributed by atoms with Crippen LogP contribution >= 0.6 is 0 Å². The van der Waals surface area contributed by atoms with E-state index in [2.05, 4.69) is 26.0 Å².